The molecule has 0 aliphatic heterocycles. The van der Waals surface area contributed by atoms with Crippen LogP contribution in [0.25, 0.3) is 0 Å². The third-order valence-electron chi connectivity index (χ3n) is 2.52. The molecule has 2 rings (SSSR count). The Morgan fingerprint density at radius 1 is 1.39 bits per heavy atom. The van der Waals surface area contributed by atoms with Crippen molar-refractivity contribution < 1.29 is 4.39 Å². The Bertz CT molecular complexity index is 498. The molecule has 1 N–H and O–H groups in total. The van der Waals surface area contributed by atoms with Crippen LogP contribution < -0.4 is 5.32 Å². The van der Waals surface area contributed by atoms with E-state index in [1.54, 1.807) is 6.07 Å². The van der Waals surface area contributed by atoms with Gasteiger partial charge in [0.15, 0.2) is 0 Å². The van der Waals surface area contributed by atoms with Crippen molar-refractivity contribution in [2.75, 3.05) is 6.54 Å². The van der Waals surface area contributed by atoms with E-state index < -0.39 is 0 Å². The van der Waals surface area contributed by atoms with E-state index in [0.29, 0.717) is 0 Å². The summed E-state index contributed by atoms with van der Waals surface area (Å²) in [4.78, 5) is 5.23. The molecule has 18 heavy (non-hydrogen) atoms. The van der Waals surface area contributed by atoms with Gasteiger partial charge in [-0.15, -0.1) is 11.3 Å². The predicted molar refractivity (Wildman–Crippen MR) is 73.7 cm³/mol. The summed E-state index contributed by atoms with van der Waals surface area (Å²) < 4.78 is 13.7. The summed E-state index contributed by atoms with van der Waals surface area (Å²) in [5, 5.41) is 3.40. The third kappa shape index (κ3) is 3.28. The zero-order valence-electron chi connectivity index (χ0n) is 9.99. The number of nitrogens with one attached hydrogen (secondary N) is 1. The zero-order chi connectivity index (χ0) is 13.0. The Morgan fingerprint density at radius 2 is 2.22 bits per heavy atom. The smallest absolute Gasteiger partial charge is 0.141 e. The van der Waals surface area contributed by atoms with Gasteiger partial charge in [-0.05, 0) is 37.2 Å². The summed E-state index contributed by atoms with van der Waals surface area (Å²) in [6.45, 7) is 2.97. The topological polar surface area (TPSA) is 24.9 Å². The first-order valence-corrected chi connectivity index (χ1v) is 7.00. The number of hydrogen-bond donors (Lipinski definition) is 1. The second-order valence-electron chi connectivity index (χ2n) is 3.93. The minimum atomic E-state index is -0.322. The van der Waals surface area contributed by atoms with Gasteiger partial charge in [0.05, 0.1) is 22.3 Å². The molecule has 2 heterocycles. The van der Waals surface area contributed by atoms with Crippen molar-refractivity contribution in [3.05, 3.63) is 51.2 Å². The minimum Gasteiger partial charge on any atom is -0.304 e. The van der Waals surface area contributed by atoms with Gasteiger partial charge in [-0.3, -0.25) is 4.98 Å². The lowest BCUT2D eigenvalue weighted by Crippen LogP contribution is -2.23. The lowest BCUT2D eigenvalue weighted by atomic mass is 10.1. The normalized spacial score (nSPS) is 12.6. The van der Waals surface area contributed by atoms with Crippen LogP contribution in [0, 0.1) is 5.82 Å². The number of rotatable bonds is 5. The zero-order valence-corrected chi connectivity index (χ0v) is 11.6. The summed E-state index contributed by atoms with van der Waals surface area (Å²) in [5.74, 6) is -0.322. The van der Waals surface area contributed by atoms with E-state index in [4.69, 9.17) is 11.6 Å². The standard InChI is InChI=1S/C13H14ClFN2S/c1-2-7-16-13(11-5-6-12(14)18-11)10-4-3-9(15)8-17-10/h3-6,8,13,16H,2,7H2,1H3. The first kappa shape index (κ1) is 13.5. The molecular formula is C13H14ClFN2S. The van der Waals surface area contributed by atoms with Crippen LogP contribution in [0.3, 0.4) is 0 Å². The molecule has 0 saturated carbocycles. The van der Waals surface area contributed by atoms with Gasteiger partial charge in [0.2, 0.25) is 0 Å². The Balaban J connectivity index is 2.27. The molecule has 5 heteroatoms. The Kier molecular flexibility index (Phi) is 4.69. The van der Waals surface area contributed by atoms with E-state index in [1.165, 1.54) is 23.6 Å². The van der Waals surface area contributed by atoms with Gasteiger partial charge < -0.3 is 5.32 Å². The Morgan fingerprint density at radius 3 is 2.78 bits per heavy atom. The van der Waals surface area contributed by atoms with Gasteiger partial charge in [0.1, 0.15) is 5.82 Å². The quantitative estimate of drug-likeness (QED) is 0.897. The molecule has 2 aromatic rings. The summed E-state index contributed by atoms with van der Waals surface area (Å²) in [6.07, 6.45) is 2.27. The number of aromatic nitrogens is 1. The minimum absolute atomic E-state index is 0.0250. The van der Waals surface area contributed by atoms with Gasteiger partial charge in [-0.2, -0.15) is 0 Å². The highest BCUT2D eigenvalue weighted by atomic mass is 35.5. The highest BCUT2D eigenvalue weighted by Gasteiger charge is 2.16. The highest BCUT2D eigenvalue weighted by molar-refractivity contribution is 7.16. The maximum Gasteiger partial charge on any atom is 0.141 e. The SMILES string of the molecule is CCCNC(c1ccc(F)cn1)c1ccc(Cl)s1. The van der Waals surface area contributed by atoms with E-state index in [2.05, 4.69) is 17.2 Å². The maximum absolute atomic E-state index is 12.9. The molecule has 0 aliphatic rings. The average Bonchev–Trinajstić information content (AvgIpc) is 2.78. The predicted octanol–water partition coefficient (Wildman–Crippen LogP) is 4.02. The number of halogens is 2. The first-order valence-electron chi connectivity index (χ1n) is 5.80. The molecule has 2 aromatic heterocycles. The molecule has 0 aromatic carbocycles. The summed E-state index contributed by atoms with van der Waals surface area (Å²) >= 11 is 7.48. The Labute approximate surface area is 115 Å². The number of pyridine rings is 1. The lowest BCUT2D eigenvalue weighted by Gasteiger charge is -2.16. The van der Waals surface area contributed by atoms with Crippen LogP contribution in [0.15, 0.2) is 30.5 Å². The number of thiophene rings is 1. The van der Waals surface area contributed by atoms with E-state index >= 15 is 0 Å². The van der Waals surface area contributed by atoms with Gasteiger partial charge in [-0.1, -0.05) is 18.5 Å². The van der Waals surface area contributed by atoms with E-state index in [-0.39, 0.29) is 11.9 Å². The second-order valence-corrected chi connectivity index (χ2v) is 5.68. The molecule has 0 bridgehead atoms. The third-order valence-corrected chi connectivity index (χ3v) is 3.82. The summed E-state index contributed by atoms with van der Waals surface area (Å²) in [5.41, 5.74) is 0.809. The van der Waals surface area contributed by atoms with Crippen LogP contribution in [-0.2, 0) is 0 Å². The number of nitrogens with zero attached hydrogens (tertiary/aromatic N) is 1. The molecule has 1 atom stereocenters. The van der Waals surface area contributed by atoms with Crippen molar-refractivity contribution in [3.8, 4) is 0 Å². The van der Waals surface area contributed by atoms with Crippen molar-refractivity contribution in [2.24, 2.45) is 0 Å². The molecule has 0 saturated heterocycles. The Hall–Kier alpha value is -0.970. The van der Waals surface area contributed by atoms with Crippen molar-refractivity contribution in [1.29, 1.82) is 0 Å². The highest BCUT2D eigenvalue weighted by Crippen LogP contribution is 2.30. The van der Waals surface area contributed by atoms with Crippen LogP contribution in [0.4, 0.5) is 4.39 Å². The fourth-order valence-corrected chi connectivity index (χ4v) is 2.83. The van der Waals surface area contributed by atoms with Crippen LogP contribution in [0.5, 0.6) is 0 Å². The molecule has 2 nitrogen and oxygen atoms in total. The fourth-order valence-electron chi connectivity index (χ4n) is 1.68. The van der Waals surface area contributed by atoms with Crippen molar-refractivity contribution in [2.45, 2.75) is 19.4 Å². The van der Waals surface area contributed by atoms with Crippen molar-refractivity contribution >= 4 is 22.9 Å². The largest absolute Gasteiger partial charge is 0.304 e. The molecule has 96 valence electrons. The van der Waals surface area contributed by atoms with Gasteiger partial charge in [-0.25, -0.2) is 4.39 Å². The molecule has 0 amide bonds. The fraction of sp³-hybridized carbons (Fsp3) is 0.308. The van der Waals surface area contributed by atoms with E-state index in [0.717, 1.165) is 27.9 Å². The second kappa shape index (κ2) is 6.27. The van der Waals surface area contributed by atoms with Crippen LogP contribution in [-0.4, -0.2) is 11.5 Å². The molecule has 0 fully saturated rings. The average molecular weight is 285 g/mol. The van der Waals surface area contributed by atoms with Crippen LogP contribution in [0.2, 0.25) is 4.34 Å². The molecule has 0 spiro atoms. The molecule has 1 unspecified atom stereocenters. The monoisotopic (exact) mass is 284 g/mol. The molecular weight excluding hydrogens is 271 g/mol. The van der Waals surface area contributed by atoms with E-state index in [9.17, 15) is 4.39 Å². The van der Waals surface area contributed by atoms with E-state index in [1.807, 2.05) is 12.1 Å². The van der Waals surface area contributed by atoms with Crippen LogP contribution in [0.1, 0.15) is 30.0 Å². The lowest BCUT2D eigenvalue weighted by molar-refractivity contribution is 0.582. The van der Waals surface area contributed by atoms with Crippen molar-refractivity contribution in [3.63, 3.8) is 0 Å². The van der Waals surface area contributed by atoms with Crippen LogP contribution >= 0.6 is 22.9 Å². The summed E-state index contributed by atoms with van der Waals surface area (Å²) in [6, 6.07) is 6.95. The van der Waals surface area contributed by atoms with Gasteiger partial charge in [0, 0.05) is 4.88 Å². The van der Waals surface area contributed by atoms with Crippen molar-refractivity contribution in [1.82, 2.24) is 10.3 Å². The summed E-state index contributed by atoms with van der Waals surface area (Å²) in [7, 11) is 0. The molecule has 0 radical (unpaired) electrons. The van der Waals surface area contributed by atoms with Gasteiger partial charge >= 0.3 is 0 Å². The maximum atomic E-state index is 12.9. The molecule has 0 aliphatic carbocycles. The van der Waals surface area contributed by atoms with Gasteiger partial charge in [0.25, 0.3) is 0 Å². The number of hydrogen-bond acceptors (Lipinski definition) is 3. The first-order chi connectivity index (χ1) is 8.70.